The third-order valence-corrected chi connectivity index (χ3v) is 8.10. The maximum Gasteiger partial charge on any atom is 0.264 e. The number of anilines is 1. The van der Waals surface area contributed by atoms with E-state index in [0.717, 1.165) is 27.4 Å². The minimum absolute atomic E-state index is 0.0970. The molecule has 38 heavy (non-hydrogen) atoms. The summed E-state index contributed by atoms with van der Waals surface area (Å²) < 4.78 is 28.9. The summed E-state index contributed by atoms with van der Waals surface area (Å²) in [5.41, 5.74) is 3.04. The number of amides is 2. The number of carbonyl (C=O) groups is 2. The molecule has 7 nitrogen and oxygen atoms in total. The molecule has 0 aliphatic heterocycles. The number of rotatable bonds is 12. The molecule has 0 fully saturated rings. The lowest BCUT2D eigenvalue weighted by atomic mass is 10.1. The summed E-state index contributed by atoms with van der Waals surface area (Å²) in [6.07, 6.45) is 1.16. The number of benzene rings is 3. The molecule has 0 aromatic heterocycles. The largest absolute Gasteiger partial charge is 0.354 e. The van der Waals surface area contributed by atoms with Crippen molar-refractivity contribution in [2.45, 2.75) is 58.0 Å². The fourth-order valence-electron chi connectivity index (χ4n) is 4.21. The molecule has 0 saturated carbocycles. The van der Waals surface area contributed by atoms with Crippen LogP contribution in [0.1, 0.15) is 43.4 Å². The molecule has 2 amide bonds. The average molecular weight is 536 g/mol. The van der Waals surface area contributed by atoms with Gasteiger partial charge in [-0.1, -0.05) is 74.0 Å². The van der Waals surface area contributed by atoms with Crippen LogP contribution in [0, 0.1) is 13.8 Å². The molecule has 3 aromatic rings. The molecule has 0 aliphatic rings. The molecule has 0 radical (unpaired) electrons. The van der Waals surface area contributed by atoms with Crippen molar-refractivity contribution in [3.63, 3.8) is 0 Å². The summed E-state index contributed by atoms with van der Waals surface area (Å²) in [7, 11) is -4.07. The Hall–Kier alpha value is -3.65. The molecule has 202 valence electrons. The molecular formula is C30H37N3O4S. The van der Waals surface area contributed by atoms with Gasteiger partial charge >= 0.3 is 0 Å². The second-order valence-electron chi connectivity index (χ2n) is 9.39. The summed E-state index contributed by atoms with van der Waals surface area (Å²) in [6.45, 7) is 7.81. The van der Waals surface area contributed by atoms with Gasteiger partial charge in [0.2, 0.25) is 11.8 Å². The number of hydrogen-bond acceptors (Lipinski definition) is 4. The molecule has 0 unspecified atom stereocenters. The van der Waals surface area contributed by atoms with Crippen molar-refractivity contribution in [1.29, 1.82) is 0 Å². The number of nitrogens with one attached hydrogen (secondary N) is 1. The highest BCUT2D eigenvalue weighted by Crippen LogP contribution is 2.26. The number of carbonyl (C=O) groups excluding carboxylic acids is 2. The van der Waals surface area contributed by atoms with Crippen molar-refractivity contribution in [3.8, 4) is 0 Å². The standard InChI is InChI=1S/C30H37N3O4S/c1-5-19-31-30(35)28(6-2)32(21-25-12-8-7-9-13-25)29(34)22-33(26-14-10-11-24(4)20-26)38(36,37)27-17-15-23(3)16-18-27/h7-18,20,28H,5-6,19,21-22H2,1-4H3,(H,31,35)/t28-/m0/s1. The Morgan fingerprint density at radius 3 is 2.16 bits per heavy atom. The smallest absolute Gasteiger partial charge is 0.264 e. The van der Waals surface area contributed by atoms with Crippen molar-refractivity contribution in [1.82, 2.24) is 10.2 Å². The lowest BCUT2D eigenvalue weighted by Crippen LogP contribution is -2.52. The fraction of sp³-hybridized carbons (Fsp3) is 0.333. The molecule has 1 N–H and O–H groups in total. The Bertz CT molecular complexity index is 1330. The molecular weight excluding hydrogens is 498 g/mol. The van der Waals surface area contributed by atoms with Gasteiger partial charge in [0, 0.05) is 13.1 Å². The quantitative estimate of drug-likeness (QED) is 0.360. The van der Waals surface area contributed by atoms with Gasteiger partial charge < -0.3 is 10.2 Å². The Labute approximate surface area is 226 Å². The Morgan fingerprint density at radius 1 is 0.868 bits per heavy atom. The van der Waals surface area contributed by atoms with Gasteiger partial charge in [0.15, 0.2) is 0 Å². The van der Waals surface area contributed by atoms with E-state index in [1.165, 1.54) is 4.90 Å². The van der Waals surface area contributed by atoms with Crippen LogP contribution in [0.3, 0.4) is 0 Å². The molecule has 0 bridgehead atoms. The van der Waals surface area contributed by atoms with Gasteiger partial charge in [-0.25, -0.2) is 8.42 Å². The number of aryl methyl sites for hydroxylation is 2. The molecule has 0 aliphatic carbocycles. The molecule has 0 heterocycles. The van der Waals surface area contributed by atoms with Crippen LogP contribution in [0.2, 0.25) is 0 Å². The Balaban J connectivity index is 2.04. The fourth-order valence-corrected chi connectivity index (χ4v) is 5.62. The monoisotopic (exact) mass is 535 g/mol. The second-order valence-corrected chi connectivity index (χ2v) is 11.2. The first kappa shape index (κ1) is 28.9. The molecule has 3 aromatic carbocycles. The summed E-state index contributed by atoms with van der Waals surface area (Å²) in [6, 6.07) is 22.3. The zero-order chi connectivity index (χ0) is 27.7. The molecule has 8 heteroatoms. The predicted molar refractivity (Wildman–Crippen MR) is 151 cm³/mol. The predicted octanol–water partition coefficient (Wildman–Crippen LogP) is 4.83. The van der Waals surface area contributed by atoms with Crippen LogP contribution in [-0.2, 0) is 26.2 Å². The van der Waals surface area contributed by atoms with Crippen molar-refractivity contribution in [2.75, 3.05) is 17.4 Å². The van der Waals surface area contributed by atoms with Gasteiger partial charge in [-0.2, -0.15) is 0 Å². The normalized spacial score (nSPS) is 12.0. The van der Waals surface area contributed by atoms with E-state index in [2.05, 4.69) is 5.32 Å². The lowest BCUT2D eigenvalue weighted by molar-refractivity contribution is -0.140. The van der Waals surface area contributed by atoms with Crippen LogP contribution >= 0.6 is 0 Å². The van der Waals surface area contributed by atoms with Crippen LogP contribution in [0.5, 0.6) is 0 Å². The van der Waals surface area contributed by atoms with Gasteiger partial charge in [-0.15, -0.1) is 0 Å². The van der Waals surface area contributed by atoms with Crippen LogP contribution in [-0.4, -0.2) is 44.3 Å². The van der Waals surface area contributed by atoms with Crippen LogP contribution in [0.25, 0.3) is 0 Å². The minimum Gasteiger partial charge on any atom is -0.354 e. The zero-order valence-electron chi connectivity index (χ0n) is 22.6. The highest BCUT2D eigenvalue weighted by molar-refractivity contribution is 7.92. The van der Waals surface area contributed by atoms with Gasteiger partial charge in [-0.05, 0) is 62.1 Å². The number of hydrogen-bond donors (Lipinski definition) is 1. The van der Waals surface area contributed by atoms with E-state index < -0.39 is 28.5 Å². The van der Waals surface area contributed by atoms with Gasteiger partial charge in [0.1, 0.15) is 12.6 Å². The van der Waals surface area contributed by atoms with E-state index in [0.29, 0.717) is 18.7 Å². The molecule has 3 rings (SSSR count). The van der Waals surface area contributed by atoms with Crippen LogP contribution < -0.4 is 9.62 Å². The van der Waals surface area contributed by atoms with Crippen molar-refractivity contribution in [3.05, 3.63) is 95.6 Å². The summed E-state index contributed by atoms with van der Waals surface area (Å²) in [4.78, 5) is 28.6. The molecule has 0 spiro atoms. The maximum absolute atomic E-state index is 14.0. The van der Waals surface area contributed by atoms with Crippen molar-refractivity contribution < 1.29 is 18.0 Å². The zero-order valence-corrected chi connectivity index (χ0v) is 23.4. The first-order valence-electron chi connectivity index (χ1n) is 12.9. The van der Waals surface area contributed by atoms with Crippen LogP contribution in [0.15, 0.2) is 83.8 Å². The van der Waals surface area contributed by atoms with E-state index in [-0.39, 0.29) is 17.3 Å². The topological polar surface area (TPSA) is 86.8 Å². The van der Waals surface area contributed by atoms with Gasteiger partial charge in [-0.3, -0.25) is 13.9 Å². The summed E-state index contributed by atoms with van der Waals surface area (Å²) >= 11 is 0. The van der Waals surface area contributed by atoms with Crippen LogP contribution in [0.4, 0.5) is 5.69 Å². The lowest BCUT2D eigenvalue weighted by Gasteiger charge is -2.33. The maximum atomic E-state index is 14.0. The van der Waals surface area contributed by atoms with E-state index in [9.17, 15) is 18.0 Å². The highest BCUT2D eigenvalue weighted by atomic mass is 32.2. The summed E-state index contributed by atoms with van der Waals surface area (Å²) in [5.74, 6) is -0.702. The number of nitrogens with zero attached hydrogens (tertiary/aromatic N) is 2. The van der Waals surface area contributed by atoms with E-state index in [1.807, 2.05) is 64.1 Å². The van der Waals surface area contributed by atoms with Crippen molar-refractivity contribution in [2.24, 2.45) is 0 Å². The van der Waals surface area contributed by atoms with Crippen molar-refractivity contribution >= 4 is 27.5 Å². The Morgan fingerprint density at radius 2 is 1.55 bits per heavy atom. The third-order valence-electron chi connectivity index (χ3n) is 6.31. The highest BCUT2D eigenvalue weighted by Gasteiger charge is 2.33. The number of sulfonamides is 1. The minimum atomic E-state index is -4.07. The molecule has 1 atom stereocenters. The van der Waals surface area contributed by atoms with Gasteiger partial charge in [0.05, 0.1) is 10.6 Å². The summed E-state index contributed by atoms with van der Waals surface area (Å²) in [5, 5.41) is 2.89. The van der Waals surface area contributed by atoms with E-state index in [1.54, 1.807) is 42.5 Å². The third kappa shape index (κ3) is 7.22. The first-order chi connectivity index (χ1) is 18.2. The van der Waals surface area contributed by atoms with E-state index in [4.69, 9.17) is 0 Å². The SMILES string of the molecule is CCCNC(=O)[C@H](CC)N(Cc1ccccc1)C(=O)CN(c1cccc(C)c1)S(=O)(=O)c1ccc(C)cc1. The second kappa shape index (κ2) is 13.2. The molecule has 0 saturated heterocycles. The van der Waals surface area contributed by atoms with E-state index >= 15 is 0 Å². The average Bonchev–Trinajstić information content (AvgIpc) is 2.91. The van der Waals surface area contributed by atoms with Gasteiger partial charge in [0.25, 0.3) is 10.0 Å². The Kier molecular flexibility index (Phi) is 10.1. The first-order valence-corrected chi connectivity index (χ1v) is 14.4.